The van der Waals surface area contributed by atoms with Gasteiger partial charge < -0.3 is 10.1 Å². The molecule has 4 aromatic rings. The summed E-state index contributed by atoms with van der Waals surface area (Å²) in [5.74, 6) is 1.93. The van der Waals surface area contributed by atoms with E-state index in [0.717, 1.165) is 33.2 Å². The zero-order valence-electron chi connectivity index (χ0n) is 16.9. The second kappa shape index (κ2) is 9.02. The van der Waals surface area contributed by atoms with Crippen LogP contribution in [0.1, 0.15) is 11.1 Å². The average Bonchev–Trinajstić information content (AvgIpc) is 2.82. The highest BCUT2D eigenvalue weighted by Gasteiger charge is 2.25. The highest BCUT2D eigenvalue weighted by atomic mass is 35.5. The molecule has 0 radical (unpaired) electrons. The number of rotatable bonds is 5. The molecule has 0 aliphatic carbocycles. The molecule has 1 aromatic heterocycles. The van der Waals surface area contributed by atoms with Crippen LogP contribution in [-0.2, 0) is 11.2 Å². The summed E-state index contributed by atoms with van der Waals surface area (Å²) in [6, 6.07) is 24.7. The smallest absolute Gasteiger partial charge is 0.234 e. The molecule has 7 heteroatoms. The SMILES string of the molecule is O=C(CSc1nc(-c2ccccc2)nc2c1Cc1cc(Cl)ccc1O2)Nc1ccccc1. The summed E-state index contributed by atoms with van der Waals surface area (Å²) in [5.41, 5.74) is 3.48. The molecule has 0 atom stereocenters. The number of anilines is 1. The Morgan fingerprint density at radius 2 is 1.75 bits per heavy atom. The van der Waals surface area contributed by atoms with Gasteiger partial charge in [-0.1, -0.05) is 71.9 Å². The van der Waals surface area contributed by atoms with Crippen LogP contribution in [0.25, 0.3) is 11.4 Å². The minimum Gasteiger partial charge on any atom is -0.438 e. The maximum Gasteiger partial charge on any atom is 0.234 e. The number of aromatic nitrogens is 2. The van der Waals surface area contributed by atoms with E-state index in [9.17, 15) is 4.79 Å². The van der Waals surface area contributed by atoms with Crippen LogP contribution in [0.5, 0.6) is 11.6 Å². The van der Waals surface area contributed by atoms with Gasteiger partial charge in [0.15, 0.2) is 5.82 Å². The second-order valence-electron chi connectivity index (χ2n) is 7.24. The van der Waals surface area contributed by atoms with E-state index in [1.165, 1.54) is 11.8 Å². The third-order valence-corrected chi connectivity index (χ3v) is 6.21. The summed E-state index contributed by atoms with van der Waals surface area (Å²) < 4.78 is 6.11. The van der Waals surface area contributed by atoms with Crippen molar-refractivity contribution in [3.63, 3.8) is 0 Å². The fourth-order valence-electron chi connectivity index (χ4n) is 3.45. The summed E-state index contributed by atoms with van der Waals surface area (Å²) in [7, 11) is 0. The Morgan fingerprint density at radius 3 is 2.53 bits per heavy atom. The zero-order chi connectivity index (χ0) is 21.9. The number of carbonyl (C=O) groups is 1. The molecule has 0 saturated heterocycles. The largest absolute Gasteiger partial charge is 0.438 e. The van der Waals surface area contributed by atoms with Gasteiger partial charge in [-0.15, -0.1) is 0 Å². The summed E-state index contributed by atoms with van der Waals surface area (Å²) in [4.78, 5) is 22.0. The van der Waals surface area contributed by atoms with E-state index in [2.05, 4.69) is 10.3 Å². The van der Waals surface area contributed by atoms with E-state index in [4.69, 9.17) is 21.3 Å². The third-order valence-electron chi connectivity index (χ3n) is 4.96. The molecular weight excluding hydrogens is 442 g/mol. The molecule has 158 valence electrons. The second-order valence-corrected chi connectivity index (χ2v) is 8.64. The van der Waals surface area contributed by atoms with Gasteiger partial charge in [-0.3, -0.25) is 4.79 Å². The van der Waals surface area contributed by atoms with Gasteiger partial charge in [0, 0.05) is 28.3 Å². The van der Waals surface area contributed by atoms with Crippen molar-refractivity contribution in [2.24, 2.45) is 0 Å². The first-order chi connectivity index (χ1) is 15.7. The summed E-state index contributed by atoms with van der Waals surface area (Å²) in [6.07, 6.45) is 0.586. The van der Waals surface area contributed by atoms with E-state index in [1.54, 1.807) is 6.07 Å². The third kappa shape index (κ3) is 4.47. The molecule has 0 saturated carbocycles. The number of ether oxygens (including phenoxy) is 1. The average molecular weight is 460 g/mol. The van der Waals surface area contributed by atoms with Crippen LogP contribution < -0.4 is 10.1 Å². The fraction of sp³-hybridized carbons (Fsp3) is 0.0800. The summed E-state index contributed by atoms with van der Waals surface area (Å²) >= 11 is 7.56. The van der Waals surface area contributed by atoms with Gasteiger partial charge in [0.25, 0.3) is 0 Å². The van der Waals surface area contributed by atoms with Crippen molar-refractivity contribution in [3.8, 4) is 23.0 Å². The number of nitrogens with one attached hydrogen (secondary N) is 1. The number of benzene rings is 3. The van der Waals surface area contributed by atoms with Crippen molar-refractivity contribution < 1.29 is 9.53 Å². The highest BCUT2D eigenvalue weighted by molar-refractivity contribution is 8.00. The molecule has 32 heavy (non-hydrogen) atoms. The molecule has 5 nitrogen and oxygen atoms in total. The van der Waals surface area contributed by atoms with Crippen LogP contribution in [0, 0.1) is 0 Å². The molecule has 0 unspecified atom stereocenters. The number of para-hydroxylation sites is 1. The Bertz CT molecular complexity index is 1280. The van der Waals surface area contributed by atoms with Crippen molar-refractivity contribution >= 4 is 35.0 Å². The van der Waals surface area contributed by atoms with Crippen molar-refractivity contribution in [1.82, 2.24) is 9.97 Å². The lowest BCUT2D eigenvalue weighted by molar-refractivity contribution is -0.113. The molecule has 0 spiro atoms. The van der Waals surface area contributed by atoms with E-state index < -0.39 is 0 Å². The summed E-state index contributed by atoms with van der Waals surface area (Å²) in [5, 5.41) is 4.28. The van der Waals surface area contributed by atoms with Crippen molar-refractivity contribution in [3.05, 3.63) is 95.0 Å². The van der Waals surface area contributed by atoms with Crippen LogP contribution in [0.2, 0.25) is 5.02 Å². The van der Waals surface area contributed by atoms with Crippen LogP contribution in [0.4, 0.5) is 5.69 Å². The Kier molecular flexibility index (Phi) is 5.79. The van der Waals surface area contributed by atoms with Gasteiger partial charge in [0.05, 0.1) is 11.3 Å². The van der Waals surface area contributed by atoms with E-state index in [0.29, 0.717) is 23.1 Å². The van der Waals surface area contributed by atoms with Crippen LogP contribution in [0.3, 0.4) is 0 Å². The maximum absolute atomic E-state index is 12.5. The topological polar surface area (TPSA) is 64.1 Å². The lowest BCUT2D eigenvalue weighted by Crippen LogP contribution is -2.15. The molecule has 0 fully saturated rings. The Morgan fingerprint density at radius 1 is 1.00 bits per heavy atom. The normalized spacial score (nSPS) is 11.8. The molecule has 1 N–H and O–H groups in total. The predicted octanol–water partition coefficient (Wildman–Crippen LogP) is 6.22. The molecule has 1 aliphatic heterocycles. The Labute approximate surface area is 194 Å². The first-order valence-corrected chi connectivity index (χ1v) is 11.4. The highest BCUT2D eigenvalue weighted by Crippen LogP contribution is 2.41. The first-order valence-electron chi connectivity index (χ1n) is 10.1. The van der Waals surface area contributed by atoms with Crippen LogP contribution in [-0.4, -0.2) is 21.6 Å². The molecule has 0 bridgehead atoms. The minimum absolute atomic E-state index is 0.102. The number of fused-ring (bicyclic) bond motifs is 2. The van der Waals surface area contributed by atoms with Gasteiger partial charge in [0.2, 0.25) is 11.8 Å². The van der Waals surface area contributed by atoms with E-state index in [1.807, 2.05) is 72.8 Å². The molecule has 2 heterocycles. The van der Waals surface area contributed by atoms with Crippen molar-refractivity contribution in [1.29, 1.82) is 0 Å². The van der Waals surface area contributed by atoms with Crippen LogP contribution >= 0.6 is 23.4 Å². The Hall–Kier alpha value is -3.35. The standard InChI is InChI=1S/C25H18ClN3O2S/c26-18-11-12-21-17(13-18)14-20-24(31-21)28-23(16-7-3-1-4-8-16)29-25(20)32-15-22(30)27-19-9-5-2-6-10-19/h1-13H,14-15H2,(H,27,30). The number of nitrogens with zero attached hydrogens (tertiary/aromatic N) is 2. The van der Waals surface area contributed by atoms with Gasteiger partial charge in [-0.05, 0) is 30.3 Å². The quantitative estimate of drug-likeness (QED) is 0.249. The molecule has 1 aliphatic rings. The number of thioether (sulfide) groups is 1. The number of hydrogen-bond acceptors (Lipinski definition) is 5. The first kappa shape index (κ1) is 20.5. The zero-order valence-corrected chi connectivity index (χ0v) is 18.5. The maximum atomic E-state index is 12.5. The van der Waals surface area contributed by atoms with E-state index in [-0.39, 0.29) is 11.7 Å². The minimum atomic E-state index is -0.102. The predicted molar refractivity (Wildman–Crippen MR) is 128 cm³/mol. The van der Waals surface area contributed by atoms with Gasteiger partial charge >= 0.3 is 0 Å². The van der Waals surface area contributed by atoms with Gasteiger partial charge in [0.1, 0.15) is 10.8 Å². The fourth-order valence-corrected chi connectivity index (χ4v) is 4.47. The number of carbonyl (C=O) groups excluding carboxylic acids is 1. The number of amides is 1. The summed E-state index contributed by atoms with van der Waals surface area (Å²) in [6.45, 7) is 0. The molecule has 5 rings (SSSR count). The van der Waals surface area contributed by atoms with Crippen molar-refractivity contribution in [2.45, 2.75) is 11.4 Å². The van der Waals surface area contributed by atoms with Gasteiger partial charge in [-0.25, -0.2) is 4.98 Å². The molecule has 1 amide bonds. The lowest BCUT2D eigenvalue weighted by atomic mass is 10.0. The van der Waals surface area contributed by atoms with Crippen molar-refractivity contribution in [2.75, 3.05) is 11.1 Å². The van der Waals surface area contributed by atoms with Crippen LogP contribution in [0.15, 0.2) is 83.9 Å². The molecule has 3 aromatic carbocycles. The molecular formula is C25H18ClN3O2S. The lowest BCUT2D eigenvalue weighted by Gasteiger charge is -2.22. The number of halogens is 1. The number of hydrogen-bond donors (Lipinski definition) is 1. The van der Waals surface area contributed by atoms with Gasteiger partial charge in [-0.2, -0.15) is 4.98 Å². The Balaban J connectivity index is 1.46. The monoisotopic (exact) mass is 459 g/mol. The van der Waals surface area contributed by atoms with E-state index >= 15 is 0 Å².